The lowest BCUT2D eigenvalue weighted by molar-refractivity contribution is 0.0994. The number of carbonyl (C=O) groups is 1. The molecule has 22 heavy (non-hydrogen) atoms. The molecule has 3 heterocycles. The second kappa shape index (κ2) is 4.90. The molecule has 1 saturated heterocycles. The maximum atomic E-state index is 12.5. The van der Waals surface area contributed by atoms with Crippen molar-refractivity contribution in [3.8, 4) is 0 Å². The van der Waals surface area contributed by atoms with Crippen LogP contribution in [0.4, 0.5) is 5.95 Å². The Morgan fingerprint density at radius 1 is 1.32 bits per heavy atom. The SMILES string of the molecule is CC1CCCN(c2nc3ncc4c(c3c(=O)[nH]2)CCC4=O)C1. The summed E-state index contributed by atoms with van der Waals surface area (Å²) in [6.07, 6.45) is 4.96. The first-order chi connectivity index (χ1) is 10.6. The molecule has 0 spiro atoms. The lowest BCUT2D eigenvalue weighted by Gasteiger charge is -2.31. The Morgan fingerprint density at radius 2 is 2.18 bits per heavy atom. The van der Waals surface area contributed by atoms with Crippen molar-refractivity contribution in [3.05, 3.63) is 27.7 Å². The fraction of sp³-hybridized carbons (Fsp3) is 0.500. The summed E-state index contributed by atoms with van der Waals surface area (Å²) in [6.45, 7) is 4.02. The number of anilines is 1. The maximum Gasteiger partial charge on any atom is 0.262 e. The Kier molecular flexibility index (Phi) is 2.99. The molecule has 114 valence electrons. The van der Waals surface area contributed by atoms with Crippen LogP contribution in [0.3, 0.4) is 0 Å². The number of fused-ring (bicyclic) bond motifs is 3. The summed E-state index contributed by atoms with van der Waals surface area (Å²) in [5.41, 5.74) is 1.66. The number of H-pyrrole nitrogens is 1. The fourth-order valence-electron chi connectivity index (χ4n) is 3.56. The molecule has 1 unspecified atom stereocenters. The summed E-state index contributed by atoms with van der Waals surface area (Å²) in [4.78, 5) is 38.1. The first-order valence-electron chi connectivity index (χ1n) is 7.83. The molecule has 6 nitrogen and oxygen atoms in total. The van der Waals surface area contributed by atoms with Gasteiger partial charge in [0.15, 0.2) is 11.4 Å². The normalized spacial score (nSPS) is 21.4. The van der Waals surface area contributed by atoms with Crippen LogP contribution in [0.2, 0.25) is 0 Å². The Hall–Kier alpha value is -2.24. The van der Waals surface area contributed by atoms with Crippen molar-refractivity contribution in [2.75, 3.05) is 18.0 Å². The lowest BCUT2D eigenvalue weighted by Crippen LogP contribution is -2.36. The molecule has 0 amide bonds. The van der Waals surface area contributed by atoms with E-state index in [1.165, 1.54) is 6.42 Å². The number of nitrogens with zero attached hydrogens (tertiary/aromatic N) is 3. The number of aromatic amines is 1. The van der Waals surface area contributed by atoms with E-state index in [0.717, 1.165) is 25.1 Å². The van der Waals surface area contributed by atoms with Gasteiger partial charge in [-0.3, -0.25) is 14.6 Å². The van der Waals surface area contributed by atoms with Crippen LogP contribution in [0.25, 0.3) is 11.0 Å². The number of carbonyl (C=O) groups excluding carboxylic acids is 1. The number of piperidine rings is 1. The van der Waals surface area contributed by atoms with E-state index in [9.17, 15) is 9.59 Å². The highest BCUT2D eigenvalue weighted by molar-refractivity contribution is 6.04. The highest BCUT2D eigenvalue weighted by Gasteiger charge is 2.25. The van der Waals surface area contributed by atoms with Gasteiger partial charge in [-0.05, 0) is 30.7 Å². The van der Waals surface area contributed by atoms with Crippen molar-refractivity contribution < 1.29 is 4.79 Å². The van der Waals surface area contributed by atoms with Crippen LogP contribution < -0.4 is 10.5 Å². The maximum absolute atomic E-state index is 12.5. The summed E-state index contributed by atoms with van der Waals surface area (Å²) >= 11 is 0. The second-order valence-corrected chi connectivity index (χ2v) is 6.36. The van der Waals surface area contributed by atoms with Crippen molar-refractivity contribution in [1.29, 1.82) is 0 Å². The van der Waals surface area contributed by atoms with Gasteiger partial charge in [0, 0.05) is 31.3 Å². The molecular formula is C16H18N4O2. The van der Waals surface area contributed by atoms with E-state index in [4.69, 9.17) is 0 Å². The van der Waals surface area contributed by atoms with E-state index in [2.05, 4.69) is 26.8 Å². The average Bonchev–Trinajstić information content (AvgIpc) is 2.88. The molecule has 6 heteroatoms. The average molecular weight is 298 g/mol. The predicted molar refractivity (Wildman–Crippen MR) is 83.4 cm³/mol. The molecule has 0 aromatic carbocycles. The predicted octanol–water partition coefficient (Wildman–Crippen LogP) is 1.68. The van der Waals surface area contributed by atoms with Crippen LogP contribution in [0.5, 0.6) is 0 Å². The van der Waals surface area contributed by atoms with Crippen LogP contribution in [-0.2, 0) is 6.42 Å². The summed E-state index contributed by atoms with van der Waals surface area (Å²) < 4.78 is 0. The van der Waals surface area contributed by atoms with Gasteiger partial charge < -0.3 is 4.90 Å². The Labute approximate surface area is 127 Å². The highest BCUT2D eigenvalue weighted by Crippen LogP contribution is 2.27. The number of ketones is 1. The van der Waals surface area contributed by atoms with Gasteiger partial charge in [-0.15, -0.1) is 0 Å². The third-order valence-electron chi connectivity index (χ3n) is 4.69. The largest absolute Gasteiger partial charge is 0.342 e. The number of nitrogens with one attached hydrogen (secondary N) is 1. The Balaban J connectivity index is 1.85. The second-order valence-electron chi connectivity index (χ2n) is 6.36. The van der Waals surface area contributed by atoms with Gasteiger partial charge in [-0.25, -0.2) is 4.98 Å². The summed E-state index contributed by atoms with van der Waals surface area (Å²) in [6, 6.07) is 0. The molecule has 1 atom stereocenters. The van der Waals surface area contributed by atoms with Crippen LogP contribution in [0.15, 0.2) is 11.0 Å². The van der Waals surface area contributed by atoms with E-state index >= 15 is 0 Å². The number of Topliss-reactive ketones (excluding diaryl/α,β-unsaturated/α-hetero) is 1. The molecular weight excluding hydrogens is 280 g/mol. The van der Waals surface area contributed by atoms with Crippen LogP contribution in [0.1, 0.15) is 42.1 Å². The minimum Gasteiger partial charge on any atom is -0.342 e. The van der Waals surface area contributed by atoms with Crippen molar-refractivity contribution >= 4 is 22.8 Å². The number of hydrogen-bond donors (Lipinski definition) is 1. The third kappa shape index (κ3) is 2.01. The van der Waals surface area contributed by atoms with Gasteiger partial charge in [0.25, 0.3) is 5.56 Å². The first kappa shape index (κ1) is 13.4. The van der Waals surface area contributed by atoms with E-state index in [-0.39, 0.29) is 11.3 Å². The zero-order valence-corrected chi connectivity index (χ0v) is 12.6. The fourth-order valence-corrected chi connectivity index (χ4v) is 3.56. The summed E-state index contributed by atoms with van der Waals surface area (Å²) in [7, 11) is 0. The lowest BCUT2D eigenvalue weighted by atomic mass is 10.0. The number of aromatic nitrogens is 3. The van der Waals surface area contributed by atoms with Crippen LogP contribution in [-0.4, -0.2) is 33.8 Å². The monoisotopic (exact) mass is 298 g/mol. The molecule has 4 rings (SSSR count). The van der Waals surface area contributed by atoms with Gasteiger partial charge >= 0.3 is 0 Å². The van der Waals surface area contributed by atoms with Gasteiger partial charge in [-0.1, -0.05) is 6.92 Å². The number of aryl methyl sites for hydroxylation is 1. The molecule has 1 fully saturated rings. The molecule has 0 radical (unpaired) electrons. The molecule has 2 aliphatic rings. The highest BCUT2D eigenvalue weighted by atomic mass is 16.1. The van der Waals surface area contributed by atoms with E-state index in [0.29, 0.717) is 41.3 Å². The molecule has 0 saturated carbocycles. The Bertz CT molecular complexity index is 827. The van der Waals surface area contributed by atoms with Crippen LogP contribution >= 0.6 is 0 Å². The van der Waals surface area contributed by atoms with Crippen molar-refractivity contribution in [2.24, 2.45) is 5.92 Å². The minimum absolute atomic E-state index is 0.0673. The van der Waals surface area contributed by atoms with E-state index < -0.39 is 0 Å². The molecule has 1 N–H and O–H groups in total. The smallest absolute Gasteiger partial charge is 0.262 e. The molecule has 0 bridgehead atoms. The summed E-state index contributed by atoms with van der Waals surface area (Å²) in [5, 5.41) is 0.483. The molecule has 2 aromatic heterocycles. The van der Waals surface area contributed by atoms with Crippen molar-refractivity contribution in [2.45, 2.75) is 32.6 Å². The first-order valence-corrected chi connectivity index (χ1v) is 7.83. The molecule has 1 aliphatic carbocycles. The quantitative estimate of drug-likeness (QED) is 0.866. The zero-order chi connectivity index (χ0) is 15.3. The Morgan fingerprint density at radius 3 is 3.00 bits per heavy atom. The van der Waals surface area contributed by atoms with Gasteiger partial charge in [0.2, 0.25) is 5.95 Å². The third-order valence-corrected chi connectivity index (χ3v) is 4.69. The standard InChI is InChI=1S/C16H18N4O2/c1-9-3-2-6-20(8-9)16-18-14-13(15(22)19-16)10-4-5-12(21)11(10)7-17-14/h7,9H,2-6,8H2,1H3,(H,17,18,19,22). The number of rotatable bonds is 1. The van der Waals surface area contributed by atoms with Gasteiger partial charge in [-0.2, -0.15) is 4.98 Å². The van der Waals surface area contributed by atoms with E-state index in [1.807, 2.05) is 0 Å². The van der Waals surface area contributed by atoms with Gasteiger partial charge in [0.1, 0.15) is 0 Å². The number of hydrogen-bond acceptors (Lipinski definition) is 5. The topological polar surface area (TPSA) is 79.0 Å². The minimum atomic E-state index is -0.183. The molecule has 1 aliphatic heterocycles. The van der Waals surface area contributed by atoms with E-state index in [1.54, 1.807) is 6.20 Å². The zero-order valence-electron chi connectivity index (χ0n) is 12.6. The van der Waals surface area contributed by atoms with Crippen LogP contribution in [0, 0.1) is 5.92 Å². The number of pyridine rings is 1. The molecule has 2 aromatic rings. The summed E-state index contributed by atoms with van der Waals surface area (Å²) in [5.74, 6) is 1.26. The van der Waals surface area contributed by atoms with Crippen molar-refractivity contribution in [3.63, 3.8) is 0 Å². The van der Waals surface area contributed by atoms with Crippen molar-refractivity contribution in [1.82, 2.24) is 15.0 Å². The van der Waals surface area contributed by atoms with Gasteiger partial charge in [0.05, 0.1) is 5.39 Å².